The number of H-pyrrole nitrogens is 1. The zero-order chi connectivity index (χ0) is 17.2. The summed E-state index contributed by atoms with van der Waals surface area (Å²) < 4.78 is 0. The number of carbonyl (C=O) groups is 1. The van der Waals surface area contributed by atoms with Gasteiger partial charge in [0.25, 0.3) is 0 Å². The summed E-state index contributed by atoms with van der Waals surface area (Å²) in [4.78, 5) is 20.4. The van der Waals surface area contributed by atoms with Crippen LogP contribution in [0.15, 0.2) is 24.3 Å². The van der Waals surface area contributed by atoms with Gasteiger partial charge in [0.05, 0.1) is 17.1 Å². The fourth-order valence-electron chi connectivity index (χ4n) is 2.49. The van der Waals surface area contributed by atoms with Crippen LogP contribution in [-0.4, -0.2) is 15.9 Å². The van der Waals surface area contributed by atoms with Gasteiger partial charge in [-0.3, -0.25) is 4.79 Å². The molecule has 2 atom stereocenters. The second-order valence-electron chi connectivity index (χ2n) is 7.90. The number of para-hydroxylation sites is 2. The summed E-state index contributed by atoms with van der Waals surface area (Å²) in [6.07, 6.45) is 0.535. The molecule has 2 unspecified atom stereocenters. The van der Waals surface area contributed by atoms with Crippen molar-refractivity contribution in [3.63, 3.8) is 0 Å². The first-order valence-electron chi connectivity index (χ1n) is 8.42. The van der Waals surface area contributed by atoms with E-state index in [1.54, 1.807) is 0 Å². The van der Waals surface area contributed by atoms with Crippen LogP contribution in [-0.2, 0) is 4.79 Å². The Balaban J connectivity index is 2.14. The largest absolute Gasteiger partial charge is 0.346 e. The van der Waals surface area contributed by atoms with Gasteiger partial charge in [-0.2, -0.15) is 0 Å². The number of amides is 1. The van der Waals surface area contributed by atoms with Gasteiger partial charge in [0.15, 0.2) is 0 Å². The molecule has 0 spiro atoms. The molecule has 2 N–H and O–H groups in total. The molecule has 0 aliphatic carbocycles. The highest BCUT2D eigenvalue weighted by atomic mass is 16.1. The van der Waals surface area contributed by atoms with E-state index >= 15 is 0 Å². The van der Waals surface area contributed by atoms with Crippen LogP contribution < -0.4 is 5.32 Å². The number of fused-ring (bicyclic) bond motifs is 1. The summed E-state index contributed by atoms with van der Waals surface area (Å²) in [5, 5.41) is 3.16. The Hall–Kier alpha value is -1.84. The third-order valence-electron chi connectivity index (χ3n) is 4.66. The van der Waals surface area contributed by atoms with Crippen LogP contribution in [0.3, 0.4) is 0 Å². The van der Waals surface area contributed by atoms with Crippen LogP contribution >= 0.6 is 0 Å². The number of aromatic amines is 1. The molecule has 1 heterocycles. The van der Waals surface area contributed by atoms with E-state index in [4.69, 9.17) is 0 Å². The van der Waals surface area contributed by atoms with Crippen LogP contribution in [0.1, 0.15) is 59.8 Å². The molecule has 1 amide bonds. The minimum Gasteiger partial charge on any atom is -0.346 e. The van der Waals surface area contributed by atoms with E-state index < -0.39 is 0 Å². The molecule has 0 fully saturated rings. The summed E-state index contributed by atoms with van der Waals surface area (Å²) >= 11 is 0. The van der Waals surface area contributed by atoms with Gasteiger partial charge in [-0.15, -0.1) is 0 Å². The Morgan fingerprint density at radius 2 is 1.87 bits per heavy atom. The summed E-state index contributed by atoms with van der Waals surface area (Å²) in [7, 11) is 0. The first-order chi connectivity index (χ1) is 10.7. The molecular formula is C19H29N3O. The molecule has 0 aliphatic rings. The molecule has 23 heavy (non-hydrogen) atoms. The maximum atomic E-state index is 12.5. The number of carbonyl (C=O) groups excluding carboxylic acids is 1. The lowest BCUT2D eigenvalue weighted by molar-refractivity contribution is -0.123. The van der Waals surface area contributed by atoms with E-state index in [1.165, 1.54) is 0 Å². The maximum absolute atomic E-state index is 12.5. The monoisotopic (exact) mass is 315 g/mol. The number of hydrogen-bond donors (Lipinski definition) is 2. The average Bonchev–Trinajstić information content (AvgIpc) is 2.86. The third kappa shape index (κ3) is 4.34. The summed E-state index contributed by atoms with van der Waals surface area (Å²) in [5.74, 6) is 1.51. The van der Waals surface area contributed by atoms with E-state index in [2.05, 4.69) is 56.8 Å². The Labute approximate surface area is 139 Å². The summed E-state index contributed by atoms with van der Waals surface area (Å²) in [5.41, 5.74) is 2.07. The van der Waals surface area contributed by atoms with Crippen LogP contribution in [0.5, 0.6) is 0 Å². The van der Waals surface area contributed by atoms with Crippen LogP contribution in [0.4, 0.5) is 0 Å². The summed E-state index contributed by atoms with van der Waals surface area (Å²) in [6, 6.07) is 7.85. The van der Waals surface area contributed by atoms with E-state index in [9.17, 15) is 4.79 Å². The standard InChI is InChI=1S/C19H29N3O/c1-12(2)17(22-16(23)11-13(3)19(4,5)6)18-20-14-9-7-8-10-15(14)21-18/h7-10,12-13,17H,11H2,1-6H3,(H,20,21)(H,22,23). The Morgan fingerprint density at radius 1 is 1.22 bits per heavy atom. The molecule has 4 nitrogen and oxygen atoms in total. The first-order valence-corrected chi connectivity index (χ1v) is 8.42. The predicted molar refractivity (Wildman–Crippen MR) is 95.1 cm³/mol. The Morgan fingerprint density at radius 3 is 2.43 bits per heavy atom. The molecule has 0 aliphatic heterocycles. The van der Waals surface area contributed by atoms with Crippen molar-refractivity contribution >= 4 is 16.9 Å². The number of hydrogen-bond acceptors (Lipinski definition) is 2. The Bertz CT molecular complexity index is 634. The van der Waals surface area contributed by atoms with Gasteiger partial charge in [-0.1, -0.05) is 53.7 Å². The smallest absolute Gasteiger partial charge is 0.220 e. The SMILES string of the molecule is CC(C)C(NC(=O)CC(C)C(C)(C)C)c1nc2ccccc2[nH]1. The van der Waals surface area contributed by atoms with Crippen LogP contribution in [0, 0.1) is 17.3 Å². The van der Waals surface area contributed by atoms with Gasteiger partial charge < -0.3 is 10.3 Å². The fraction of sp³-hybridized carbons (Fsp3) is 0.579. The molecule has 0 radical (unpaired) electrons. The molecule has 0 bridgehead atoms. The highest BCUT2D eigenvalue weighted by molar-refractivity contribution is 5.77. The zero-order valence-electron chi connectivity index (χ0n) is 15.1. The van der Waals surface area contributed by atoms with Crippen molar-refractivity contribution in [2.24, 2.45) is 17.3 Å². The molecule has 4 heteroatoms. The molecule has 2 rings (SSSR count). The number of aromatic nitrogens is 2. The van der Waals surface area contributed by atoms with Crippen molar-refractivity contribution < 1.29 is 4.79 Å². The number of imidazole rings is 1. The van der Waals surface area contributed by atoms with Crippen molar-refractivity contribution in [2.45, 2.75) is 54.0 Å². The van der Waals surface area contributed by atoms with Crippen LogP contribution in [0.25, 0.3) is 11.0 Å². The fourth-order valence-corrected chi connectivity index (χ4v) is 2.49. The van der Waals surface area contributed by atoms with Gasteiger partial charge >= 0.3 is 0 Å². The molecule has 2 aromatic rings. The van der Waals surface area contributed by atoms with Gasteiger partial charge in [0.1, 0.15) is 5.82 Å². The number of nitrogens with zero attached hydrogens (tertiary/aromatic N) is 1. The lowest BCUT2D eigenvalue weighted by atomic mass is 9.80. The highest BCUT2D eigenvalue weighted by Gasteiger charge is 2.26. The molecular weight excluding hydrogens is 286 g/mol. The third-order valence-corrected chi connectivity index (χ3v) is 4.66. The van der Waals surface area contributed by atoms with Crippen molar-refractivity contribution in [1.82, 2.24) is 15.3 Å². The average molecular weight is 315 g/mol. The van der Waals surface area contributed by atoms with Crippen molar-refractivity contribution in [3.8, 4) is 0 Å². The normalized spacial score (nSPS) is 14.9. The molecule has 0 saturated carbocycles. The topological polar surface area (TPSA) is 57.8 Å². The number of rotatable bonds is 5. The van der Waals surface area contributed by atoms with E-state index in [0.717, 1.165) is 16.9 Å². The Kier molecular flexibility index (Phi) is 5.12. The van der Waals surface area contributed by atoms with E-state index in [-0.39, 0.29) is 23.3 Å². The van der Waals surface area contributed by atoms with Gasteiger partial charge in [-0.25, -0.2) is 4.98 Å². The maximum Gasteiger partial charge on any atom is 0.220 e. The molecule has 1 aromatic carbocycles. The minimum absolute atomic E-state index is 0.0894. The van der Waals surface area contributed by atoms with Crippen molar-refractivity contribution in [3.05, 3.63) is 30.1 Å². The minimum atomic E-state index is -0.0953. The molecule has 126 valence electrons. The first kappa shape index (κ1) is 17.5. The van der Waals surface area contributed by atoms with Gasteiger partial charge in [-0.05, 0) is 29.4 Å². The van der Waals surface area contributed by atoms with E-state index in [1.807, 2.05) is 24.3 Å². The van der Waals surface area contributed by atoms with Gasteiger partial charge in [0.2, 0.25) is 5.91 Å². The molecule has 1 aromatic heterocycles. The quantitative estimate of drug-likeness (QED) is 0.856. The number of benzene rings is 1. The zero-order valence-corrected chi connectivity index (χ0v) is 15.1. The number of nitrogens with one attached hydrogen (secondary N) is 2. The van der Waals surface area contributed by atoms with Gasteiger partial charge in [0, 0.05) is 6.42 Å². The lowest BCUT2D eigenvalue weighted by Crippen LogP contribution is -2.35. The van der Waals surface area contributed by atoms with Crippen molar-refractivity contribution in [2.75, 3.05) is 0 Å². The summed E-state index contributed by atoms with van der Waals surface area (Å²) in [6.45, 7) is 12.8. The second-order valence-corrected chi connectivity index (χ2v) is 7.90. The second kappa shape index (κ2) is 6.73. The van der Waals surface area contributed by atoms with Crippen LogP contribution in [0.2, 0.25) is 0 Å². The highest BCUT2D eigenvalue weighted by Crippen LogP contribution is 2.29. The van der Waals surface area contributed by atoms with E-state index in [0.29, 0.717) is 12.3 Å². The predicted octanol–water partition coefficient (Wildman–Crippen LogP) is 4.45. The van der Waals surface area contributed by atoms with Crippen molar-refractivity contribution in [1.29, 1.82) is 0 Å². The lowest BCUT2D eigenvalue weighted by Gasteiger charge is -2.28. The molecule has 0 saturated heterocycles.